The maximum atomic E-state index is 12.2. The van der Waals surface area contributed by atoms with E-state index in [0.29, 0.717) is 0 Å². The van der Waals surface area contributed by atoms with Crippen molar-refractivity contribution in [3.05, 3.63) is 29.1 Å². The van der Waals surface area contributed by atoms with Gasteiger partial charge in [0.2, 0.25) is 0 Å². The van der Waals surface area contributed by atoms with Gasteiger partial charge in [0.1, 0.15) is 5.69 Å². The first-order valence-corrected chi connectivity index (χ1v) is 4.23. The fraction of sp³-hybridized carbons (Fsp3) is 0.250. The number of nitrogens with zero attached hydrogens (tertiary/aromatic N) is 1. The fourth-order valence-corrected chi connectivity index (χ4v) is 1.17. The first-order chi connectivity index (χ1) is 6.56. The third-order valence-electron chi connectivity index (χ3n) is 1.61. The summed E-state index contributed by atoms with van der Waals surface area (Å²) < 4.78 is 24.4. The van der Waals surface area contributed by atoms with Crippen molar-refractivity contribution in [3.8, 4) is 0 Å². The molecule has 3 nitrogen and oxygen atoms in total. The first kappa shape index (κ1) is 10.8. The van der Waals surface area contributed by atoms with Gasteiger partial charge in [-0.3, -0.25) is 4.79 Å². The molecule has 1 rings (SSSR count). The lowest BCUT2D eigenvalue weighted by atomic mass is 10.2. The highest BCUT2D eigenvalue weighted by Crippen LogP contribution is 2.19. The minimum absolute atomic E-state index is 0.0735. The Kier molecular flexibility index (Phi) is 3.35. The summed E-state index contributed by atoms with van der Waals surface area (Å²) in [7, 11) is 0. The molecule has 1 aromatic heterocycles. The Morgan fingerprint density at radius 1 is 1.57 bits per heavy atom. The lowest BCUT2D eigenvalue weighted by molar-refractivity contribution is 0.0998. The molecule has 0 aliphatic heterocycles. The van der Waals surface area contributed by atoms with Crippen molar-refractivity contribution >= 4 is 17.5 Å². The van der Waals surface area contributed by atoms with Crippen LogP contribution in [0.25, 0.3) is 0 Å². The van der Waals surface area contributed by atoms with Gasteiger partial charge in [-0.1, -0.05) is 0 Å². The molecule has 0 radical (unpaired) electrons. The van der Waals surface area contributed by atoms with Crippen LogP contribution in [0.1, 0.15) is 28.2 Å². The Balaban J connectivity index is 3.18. The van der Waals surface area contributed by atoms with E-state index < -0.39 is 18.0 Å². The molecule has 2 N–H and O–H groups in total. The van der Waals surface area contributed by atoms with Crippen LogP contribution in [0, 0.1) is 0 Å². The summed E-state index contributed by atoms with van der Waals surface area (Å²) in [4.78, 5) is 14.3. The van der Waals surface area contributed by atoms with E-state index in [9.17, 15) is 13.6 Å². The van der Waals surface area contributed by atoms with Crippen molar-refractivity contribution in [2.75, 3.05) is 0 Å². The number of primary amides is 1. The fourth-order valence-electron chi connectivity index (χ4n) is 0.966. The molecule has 0 saturated heterocycles. The Morgan fingerprint density at radius 3 is 2.64 bits per heavy atom. The molecule has 0 bridgehead atoms. The Bertz CT molecular complexity index is 357. The summed E-state index contributed by atoms with van der Waals surface area (Å²) in [5, 5.41) is 0. The number of alkyl halides is 3. The Morgan fingerprint density at radius 2 is 2.21 bits per heavy atom. The molecule has 76 valence electrons. The van der Waals surface area contributed by atoms with Gasteiger partial charge in [0.15, 0.2) is 0 Å². The molecule has 0 aromatic carbocycles. The molecule has 0 unspecified atom stereocenters. The van der Waals surface area contributed by atoms with Gasteiger partial charge >= 0.3 is 0 Å². The number of pyridine rings is 1. The highest BCUT2D eigenvalue weighted by Gasteiger charge is 2.14. The van der Waals surface area contributed by atoms with E-state index in [0.717, 1.165) is 6.07 Å². The molecule has 0 aliphatic carbocycles. The molecule has 6 heteroatoms. The minimum Gasteiger partial charge on any atom is -0.366 e. The van der Waals surface area contributed by atoms with Crippen LogP contribution >= 0.6 is 11.6 Å². The van der Waals surface area contributed by atoms with Crippen LogP contribution < -0.4 is 5.73 Å². The normalized spacial score (nSPS) is 10.6. The summed E-state index contributed by atoms with van der Waals surface area (Å²) in [6.07, 6.45) is -2.68. The number of aromatic nitrogens is 1. The van der Waals surface area contributed by atoms with Crippen LogP contribution in [0.3, 0.4) is 0 Å². The highest BCUT2D eigenvalue weighted by molar-refractivity contribution is 6.17. The minimum atomic E-state index is -2.68. The second-order valence-corrected chi connectivity index (χ2v) is 2.80. The van der Waals surface area contributed by atoms with Gasteiger partial charge in [-0.05, 0) is 12.1 Å². The van der Waals surface area contributed by atoms with Crippen LogP contribution in [-0.2, 0) is 5.88 Å². The van der Waals surface area contributed by atoms with Crippen LogP contribution in [-0.4, -0.2) is 10.9 Å². The van der Waals surface area contributed by atoms with Crippen LogP contribution in [0.5, 0.6) is 0 Å². The largest absolute Gasteiger partial charge is 0.366 e. The van der Waals surface area contributed by atoms with Crippen molar-refractivity contribution in [1.29, 1.82) is 0 Å². The van der Waals surface area contributed by atoms with Gasteiger partial charge in [-0.2, -0.15) is 0 Å². The zero-order valence-electron chi connectivity index (χ0n) is 7.01. The molecule has 0 saturated carbocycles. The Hall–Kier alpha value is -1.23. The van der Waals surface area contributed by atoms with E-state index in [2.05, 4.69) is 4.98 Å². The standard InChI is InChI=1S/C8H7ClF2N2O/c9-3-6-4(8(12)14)1-2-5(13-6)7(10)11/h1-2,7H,3H2,(H2,12,14). The molecule has 0 spiro atoms. The summed E-state index contributed by atoms with van der Waals surface area (Å²) in [5.74, 6) is -0.854. The molecular weight excluding hydrogens is 214 g/mol. The van der Waals surface area contributed by atoms with Gasteiger partial charge in [-0.25, -0.2) is 13.8 Å². The number of nitrogens with two attached hydrogens (primary N) is 1. The second-order valence-electron chi connectivity index (χ2n) is 2.53. The van der Waals surface area contributed by atoms with E-state index in [-0.39, 0.29) is 17.1 Å². The predicted molar refractivity (Wildman–Crippen MR) is 47.3 cm³/mol. The average Bonchev–Trinajstić information content (AvgIpc) is 2.16. The van der Waals surface area contributed by atoms with Gasteiger partial charge in [0, 0.05) is 0 Å². The number of carbonyl (C=O) groups is 1. The van der Waals surface area contributed by atoms with Crippen molar-refractivity contribution in [2.24, 2.45) is 5.73 Å². The number of rotatable bonds is 3. The smallest absolute Gasteiger partial charge is 0.280 e. The van der Waals surface area contributed by atoms with Crippen molar-refractivity contribution < 1.29 is 13.6 Å². The maximum absolute atomic E-state index is 12.2. The molecular formula is C8H7ClF2N2O. The van der Waals surface area contributed by atoms with Crippen LogP contribution in [0.4, 0.5) is 8.78 Å². The molecule has 1 heterocycles. The van der Waals surface area contributed by atoms with E-state index in [1.807, 2.05) is 0 Å². The number of amides is 1. The highest BCUT2D eigenvalue weighted by atomic mass is 35.5. The van der Waals surface area contributed by atoms with E-state index in [1.165, 1.54) is 6.07 Å². The van der Waals surface area contributed by atoms with Crippen LogP contribution in [0.15, 0.2) is 12.1 Å². The predicted octanol–water partition coefficient (Wildman–Crippen LogP) is 1.86. The zero-order chi connectivity index (χ0) is 10.7. The van der Waals surface area contributed by atoms with Crippen LogP contribution in [0.2, 0.25) is 0 Å². The van der Waals surface area contributed by atoms with Gasteiger partial charge < -0.3 is 5.73 Å². The van der Waals surface area contributed by atoms with E-state index in [1.54, 1.807) is 0 Å². The number of hydrogen-bond acceptors (Lipinski definition) is 2. The van der Waals surface area contributed by atoms with Gasteiger partial charge in [0.25, 0.3) is 12.3 Å². The molecule has 0 aliphatic rings. The number of halogens is 3. The summed E-state index contributed by atoms with van der Waals surface area (Å²) in [6.45, 7) is 0. The summed E-state index contributed by atoms with van der Waals surface area (Å²) >= 11 is 5.44. The average molecular weight is 221 g/mol. The monoisotopic (exact) mass is 220 g/mol. The van der Waals surface area contributed by atoms with E-state index in [4.69, 9.17) is 17.3 Å². The third-order valence-corrected chi connectivity index (χ3v) is 1.86. The Labute approximate surface area is 83.9 Å². The second kappa shape index (κ2) is 4.32. The first-order valence-electron chi connectivity index (χ1n) is 3.70. The lowest BCUT2D eigenvalue weighted by Gasteiger charge is -2.05. The molecule has 14 heavy (non-hydrogen) atoms. The summed E-state index contributed by atoms with van der Waals surface area (Å²) in [6, 6.07) is 2.26. The lowest BCUT2D eigenvalue weighted by Crippen LogP contribution is -2.15. The number of carbonyl (C=O) groups excluding carboxylic acids is 1. The third kappa shape index (κ3) is 2.17. The number of hydrogen-bond donors (Lipinski definition) is 1. The van der Waals surface area contributed by atoms with Gasteiger partial charge in [0.05, 0.1) is 17.1 Å². The van der Waals surface area contributed by atoms with Crippen molar-refractivity contribution in [3.63, 3.8) is 0 Å². The topological polar surface area (TPSA) is 56.0 Å². The molecule has 0 atom stereocenters. The molecule has 1 amide bonds. The quantitative estimate of drug-likeness (QED) is 0.791. The van der Waals surface area contributed by atoms with Crippen molar-refractivity contribution in [2.45, 2.75) is 12.3 Å². The van der Waals surface area contributed by atoms with Crippen molar-refractivity contribution in [1.82, 2.24) is 4.98 Å². The summed E-state index contributed by atoms with van der Waals surface area (Å²) in [5.41, 5.74) is 4.73. The molecule has 0 fully saturated rings. The van der Waals surface area contributed by atoms with E-state index >= 15 is 0 Å². The maximum Gasteiger partial charge on any atom is 0.280 e. The molecule has 1 aromatic rings. The zero-order valence-corrected chi connectivity index (χ0v) is 7.76. The SMILES string of the molecule is NC(=O)c1ccc(C(F)F)nc1CCl. The van der Waals surface area contributed by atoms with Gasteiger partial charge in [-0.15, -0.1) is 11.6 Å².